The van der Waals surface area contributed by atoms with Crippen molar-refractivity contribution in [2.45, 2.75) is 58.6 Å². The van der Waals surface area contributed by atoms with E-state index in [1.165, 1.54) is 12.1 Å². The molecule has 0 bridgehead atoms. The molecule has 1 unspecified atom stereocenters. The van der Waals surface area contributed by atoms with Crippen LogP contribution in [0.2, 0.25) is 0 Å². The van der Waals surface area contributed by atoms with Crippen LogP contribution in [0.25, 0.3) is 0 Å². The van der Waals surface area contributed by atoms with Crippen LogP contribution >= 0.6 is 0 Å². The number of rotatable bonds is 6. The second-order valence-corrected chi connectivity index (χ2v) is 5.58. The van der Waals surface area contributed by atoms with Crippen LogP contribution in [0.4, 0.5) is 4.39 Å². The number of unbranched alkanes of at least 4 members (excludes halogenated alkanes) is 1. The summed E-state index contributed by atoms with van der Waals surface area (Å²) in [6, 6.07) is 6.73. The van der Waals surface area contributed by atoms with Gasteiger partial charge in [0.15, 0.2) is 0 Å². The monoisotopic (exact) mass is 253 g/mol. The first-order valence-corrected chi connectivity index (χ1v) is 6.61. The first kappa shape index (κ1) is 15.1. The average molecular weight is 253 g/mol. The van der Waals surface area contributed by atoms with Crippen LogP contribution in [0.1, 0.15) is 58.6 Å². The summed E-state index contributed by atoms with van der Waals surface area (Å²) in [7, 11) is 0. The Labute approximate surface area is 109 Å². The minimum Gasteiger partial charge on any atom is -0.296 e. The van der Waals surface area contributed by atoms with Gasteiger partial charge in [-0.3, -0.25) is 4.84 Å². The zero-order valence-corrected chi connectivity index (χ0v) is 11.8. The third-order valence-electron chi connectivity index (χ3n) is 2.63. The van der Waals surface area contributed by atoms with Crippen molar-refractivity contribution in [3.05, 3.63) is 35.6 Å². The molecule has 0 aliphatic carbocycles. The summed E-state index contributed by atoms with van der Waals surface area (Å²) in [5, 5.41) is 0. The quantitative estimate of drug-likeness (QED) is 0.760. The number of hydrogen-bond donors (Lipinski definition) is 1. The van der Waals surface area contributed by atoms with E-state index in [-0.39, 0.29) is 17.5 Å². The Morgan fingerprint density at radius 1 is 1.22 bits per heavy atom. The van der Waals surface area contributed by atoms with Crippen molar-refractivity contribution >= 4 is 0 Å². The van der Waals surface area contributed by atoms with E-state index in [1.807, 2.05) is 32.9 Å². The van der Waals surface area contributed by atoms with Gasteiger partial charge in [0, 0.05) is 0 Å². The Kier molecular flexibility index (Phi) is 5.76. The molecule has 0 amide bonds. The third kappa shape index (κ3) is 5.61. The van der Waals surface area contributed by atoms with E-state index in [4.69, 9.17) is 4.84 Å². The van der Waals surface area contributed by atoms with Gasteiger partial charge in [-0.2, -0.15) is 5.48 Å². The highest BCUT2D eigenvalue weighted by Gasteiger charge is 2.16. The van der Waals surface area contributed by atoms with Crippen LogP contribution in [0.3, 0.4) is 0 Å². The molecule has 0 aliphatic rings. The van der Waals surface area contributed by atoms with Gasteiger partial charge in [0.2, 0.25) is 0 Å². The van der Waals surface area contributed by atoms with Crippen LogP contribution in [-0.2, 0) is 4.84 Å². The maximum atomic E-state index is 12.9. The lowest BCUT2D eigenvalue weighted by atomic mass is 10.0. The molecule has 1 N–H and O–H groups in total. The highest BCUT2D eigenvalue weighted by Crippen LogP contribution is 2.21. The Morgan fingerprint density at radius 2 is 1.83 bits per heavy atom. The van der Waals surface area contributed by atoms with E-state index < -0.39 is 0 Å². The van der Waals surface area contributed by atoms with Crippen LogP contribution in [0.5, 0.6) is 0 Å². The molecule has 0 aromatic heterocycles. The lowest BCUT2D eigenvalue weighted by molar-refractivity contribution is -0.0904. The van der Waals surface area contributed by atoms with Gasteiger partial charge in [-0.15, -0.1) is 0 Å². The number of hydrogen-bond acceptors (Lipinski definition) is 2. The lowest BCUT2D eigenvalue weighted by Gasteiger charge is -2.25. The highest BCUT2D eigenvalue weighted by molar-refractivity contribution is 5.19. The minimum atomic E-state index is -0.232. The predicted octanol–water partition coefficient (Wildman–Crippen LogP) is 4.38. The third-order valence-corrected chi connectivity index (χ3v) is 2.63. The summed E-state index contributed by atoms with van der Waals surface area (Å²) in [6.45, 7) is 8.16. The van der Waals surface area contributed by atoms with Crippen molar-refractivity contribution in [2.24, 2.45) is 0 Å². The van der Waals surface area contributed by atoms with Gasteiger partial charge in [-0.05, 0) is 44.9 Å². The van der Waals surface area contributed by atoms with E-state index in [2.05, 4.69) is 12.4 Å². The molecule has 0 saturated carbocycles. The fraction of sp³-hybridized carbons (Fsp3) is 0.600. The van der Waals surface area contributed by atoms with Gasteiger partial charge in [0.05, 0.1) is 11.6 Å². The molecule has 2 nitrogen and oxygen atoms in total. The summed E-state index contributed by atoms with van der Waals surface area (Å²) in [4.78, 5) is 5.63. The standard InChI is InChI=1S/C15H24FNO/c1-5-6-7-14(17-18-15(2,3)4)12-8-10-13(16)11-9-12/h8-11,14,17H,5-7H2,1-4H3. The van der Waals surface area contributed by atoms with Crippen LogP contribution in [0, 0.1) is 5.82 Å². The zero-order valence-electron chi connectivity index (χ0n) is 11.8. The fourth-order valence-corrected chi connectivity index (χ4v) is 1.64. The summed E-state index contributed by atoms with van der Waals surface area (Å²) in [5.74, 6) is -0.204. The molecule has 0 spiro atoms. The van der Waals surface area contributed by atoms with Crippen molar-refractivity contribution in [1.82, 2.24) is 5.48 Å². The Balaban J connectivity index is 2.68. The number of hydroxylamine groups is 1. The zero-order chi connectivity index (χ0) is 13.6. The molecule has 0 fully saturated rings. The normalized spacial score (nSPS) is 13.6. The second kappa shape index (κ2) is 6.86. The maximum Gasteiger partial charge on any atom is 0.123 e. The molecule has 18 heavy (non-hydrogen) atoms. The molecular weight excluding hydrogens is 229 g/mol. The number of benzene rings is 1. The van der Waals surface area contributed by atoms with Gasteiger partial charge in [0.1, 0.15) is 5.82 Å². The van der Waals surface area contributed by atoms with Crippen LogP contribution in [0.15, 0.2) is 24.3 Å². The van der Waals surface area contributed by atoms with Crippen molar-refractivity contribution in [1.29, 1.82) is 0 Å². The van der Waals surface area contributed by atoms with Gasteiger partial charge in [-0.1, -0.05) is 31.9 Å². The summed E-state index contributed by atoms with van der Waals surface area (Å²) < 4.78 is 12.9. The smallest absolute Gasteiger partial charge is 0.123 e. The Hall–Kier alpha value is -0.930. The maximum absolute atomic E-state index is 12.9. The second-order valence-electron chi connectivity index (χ2n) is 5.58. The van der Waals surface area contributed by atoms with Crippen LogP contribution < -0.4 is 5.48 Å². The Morgan fingerprint density at radius 3 is 2.33 bits per heavy atom. The summed E-state index contributed by atoms with van der Waals surface area (Å²) in [6.07, 6.45) is 3.23. The van der Waals surface area contributed by atoms with Crippen molar-refractivity contribution in [3.8, 4) is 0 Å². The van der Waals surface area contributed by atoms with E-state index in [0.29, 0.717) is 0 Å². The summed E-state index contributed by atoms with van der Waals surface area (Å²) in [5.41, 5.74) is 3.94. The molecule has 1 atom stereocenters. The molecule has 1 rings (SSSR count). The Bertz CT molecular complexity index is 343. The molecule has 0 heterocycles. The molecule has 1 aromatic rings. The molecule has 0 radical (unpaired) electrons. The van der Waals surface area contributed by atoms with E-state index in [0.717, 1.165) is 24.8 Å². The van der Waals surface area contributed by atoms with Gasteiger partial charge in [0.25, 0.3) is 0 Å². The van der Waals surface area contributed by atoms with Gasteiger partial charge < -0.3 is 0 Å². The molecular formula is C15H24FNO. The minimum absolute atomic E-state index is 0.116. The number of nitrogens with one attached hydrogen (secondary N) is 1. The average Bonchev–Trinajstić information content (AvgIpc) is 2.29. The van der Waals surface area contributed by atoms with Crippen molar-refractivity contribution in [3.63, 3.8) is 0 Å². The largest absolute Gasteiger partial charge is 0.296 e. The molecule has 3 heteroatoms. The number of halogens is 1. The highest BCUT2D eigenvalue weighted by atomic mass is 19.1. The predicted molar refractivity (Wildman–Crippen MR) is 72.6 cm³/mol. The molecule has 102 valence electrons. The fourth-order valence-electron chi connectivity index (χ4n) is 1.64. The lowest BCUT2D eigenvalue weighted by Crippen LogP contribution is -2.32. The molecule has 1 aromatic carbocycles. The van der Waals surface area contributed by atoms with E-state index >= 15 is 0 Å². The molecule has 0 saturated heterocycles. The van der Waals surface area contributed by atoms with Crippen molar-refractivity contribution < 1.29 is 9.23 Å². The SMILES string of the molecule is CCCCC(NOC(C)(C)C)c1ccc(F)cc1. The first-order chi connectivity index (χ1) is 8.42. The van der Waals surface area contributed by atoms with Gasteiger partial charge in [-0.25, -0.2) is 4.39 Å². The topological polar surface area (TPSA) is 21.3 Å². The first-order valence-electron chi connectivity index (χ1n) is 6.61. The van der Waals surface area contributed by atoms with Gasteiger partial charge >= 0.3 is 0 Å². The van der Waals surface area contributed by atoms with E-state index in [1.54, 1.807) is 0 Å². The molecule has 0 aliphatic heterocycles. The van der Waals surface area contributed by atoms with Crippen molar-refractivity contribution in [2.75, 3.05) is 0 Å². The summed E-state index contributed by atoms with van der Waals surface area (Å²) >= 11 is 0. The van der Waals surface area contributed by atoms with E-state index in [9.17, 15) is 4.39 Å². The van der Waals surface area contributed by atoms with Crippen LogP contribution in [-0.4, -0.2) is 5.60 Å².